The van der Waals surface area contributed by atoms with Gasteiger partial charge in [0.1, 0.15) is 11.6 Å². The van der Waals surface area contributed by atoms with E-state index in [1.165, 1.54) is 5.56 Å². The van der Waals surface area contributed by atoms with Gasteiger partial charge in [0, 0.05) is 17.5 Å². The van der Waals surface area contributed by atoms with Crippen LogP contribution in [0, 0.1) is 6.92 Å². The molecule has 0 aliphatic carbocycles. The molecule has 1 aromatic carbocycles. The summed E-state index contributed by atoms with van der Waals surface area (Å²) in [5.41, 5.74) is 9.04. The zero-order valence-electron chi connectivity index (χ0n) is 10.4. The molecule has 0 saturated carbocycles. The number of hydrogen-bond donors (Lipinski definition) is 1. The maximum Gasteiger partial charge on any atom is 0.133 e. The summed E-state index contributed by atoms with van der Waals surface area (Å²) in [6.07, 6.45) is 0. The van der Waals surface area contributed by atoms with Gasteiger partial charge in [-0.25, -0.2) is 9.97 Å². The van der Waals surface area contributed by atoms with Crippen molar-refractivity contribution in [3.05, 3.63) is 41.7 Å². The van der Waals surface area contributed by atoms with E-state index in [9.17, 15) is 0 Å². The van der Waals surface area contributed by atoms with E-state index >= 15 is 0 Å². The lowest BCUT2D eigenvalue weighted by Gasteiger charge is -2.09. The van der Waals surface area contributed by atoms with Crippen LogP contribution in [0.1, 0.15) is 31.2 Å². The van der Waals surface area contributed by atoms with Crippen molar-refractivity contribution in [3.63, 3.8) is 0 Å². The van der Waals surface area contributed by atoms with E-state index in [4.69, 9.17) is 5.73 Å². The number of nitrogens with two attached hydrogens (primary N) is 1. The van der Waals surface area contributed by atoms with Gasteiger partial charge >= 0.3 is 0 Å². The molecule has 0 atom stereocenters. The van der Waals surface area contributed by atoms with Crippen molar-refractivity contribution in [2.24, 2.45) is 0 Å². The Kier molecular flexibility index (Phi) is 3.09. The van der Waals surface area contributed by atoms with Crippen molar-refractivity contribution in [1.29, 1.82) is 0 Å². The third-order valence-corrected chi connectivity index (χ3v) is 2.70. The first kappa shape index (κ1) is 11.6. The van der Waals surface area contributed by atoms with Gasteiger partial charge in [0.15, 0.2) is 0 Å². The summed E-state index contributed by atoms with van der Waals surface area (Å²) in [5, 5.41) is 0. The fourth-order valence-electron chi connectivity index (χ4n) is 1.74. The van der Waals surface area contributed by atoms with E-state index in [0.717, 1.165) is 17.1 Å². The van der Waals surface area contributed by atoms with E-state index < -0.39 is 0 Å². The van der Waals surface area contributed by atoms with Gasteiger partial charge in [0.05, 0.1) is 5.69 Å². The first-order valence-corrected chi connectivity index (χ1v) is 5.78. The molecule has 2 aromatic rings. The van der Waals surface area contributed by atoms with E-state index in [2.05, 4.69) is 42.9 Å². The van der Waals surface area contributed by atoms with Crippen molar-refractivity contribution in [3.8, 4) is 11.3 Å². The highest BCUT2D eigenvalue weighted by Gasteiger charge is 2.09. The van der Waals surface area contributed by atoms with Crippen LogP contribution in [0.3, 0.4) is 0 Å². The van der Waals surface area contributed by atoms with Gasteiger partial charge in [-0.3, -0.25) is 0 Å². The minimum Gasteiger partial charge on any atom is -0.384 e. The Labute approximate surface area is 102 Å². The summed E-state index contributed by atoms with van der Waals surface area (Å²) in [7, 11) is 0. The third kappa shape index (κ3) is 2.44. The zero-order chi connectivity index (χ0) is 12.4. The average Bonchev–Trinajstić information content (AvgIpc) is 2.28. The summed E-state index contributed by atoms with van der Waals surface area (Å²) < 4.78 is 0. The molecule has 1 aromatic heterocycles. The molecule has 17 heavy (non-hydrogen) atoms. The first-order chi connectivity index (χ1) is 8.08. The smallest absolute Gasteiger partial charge is 0.133 e. The molecule has 0 radical (unpaired) electrons. The predicted molar refractivity (Wildman–Crippen MR) is 70.7 cm³/mol. The van der Waals surface area contributed by atoms with Crippen LogP contribution in [0.15, 0.2) is 30.3 Å². The lowest BCUT2D eigenvalue weighted by molar-refractivity contribution is 0.778. The number of aromatic nitrogens is 2. The van der Waals surface area contributed by atoms with Crippen molar-refractivity contribution >= 4 is 5.82 Å². The molecule has 2 N–H and O–H groups in total. The highest BCUT2D eigenvalue weighted by atomic mass is 14.9. The third-order valence-electron chi connectivity index (χ3n) is 2.70. The fourth-order valence-corrected chi connectivity index (χ4v) is 1.74. The van der Waals surface area contributed by atoms with Crippen molar-refractivity contribution in [2.75, 3.05) is 5.73 Å². The Hall–Kier alpha value is -1.90. The van der Waals surface area contributed by atoms with E-state index in [-0.39, 0.29) is 5.92 Å². The minimum absolute atomic E-state index is 0.279. The summed E-state index contributed by atoms with van der Waals surface area (Å²) in [4.78, 5) is 8.83. The van der Waals surface area contributed by atoms with E-state index in [0.29, 0.717) is 5.82 Å². The monoisotopic (exact) mass is 227 g/mol. The second-order valence-corrected chi connectivity index (χ2v) is 4.51. The van der Waals surface area contributed by atoms with Gasteiger partial charge in [-0.15, -0.1) is 0 Å². The number of rotatable bonds is 2. The number of nitrogen functional groups attached to an aromatic ring is 1. The van der Waals surface area contributed by atoms with E-state index in [1.54, 1.807) is 0 Å². The summed E-state index contributed by atoms with van der Waals surface area (Å²) in [6, 6.07) is 9.99. The summed E-state index contributed by atoms with van der Waals surface area (Å²) >= 11 is 0. The Morgan fingerprint density at radius 2 is 1.82 bits per heavy atom. The maximum atomic E-state index is 5.83. The van der Waals surface area contributed by atoms with Crippen LogP contribution in [0.25, 0.3) is 11.3 Å². The quantitative estimate of drug-likeness (QED) is 0.857. The highest BCUT2D eigenvalue weighted by Crippen LogP contribution is 2.24. The molecule has 88 valence electrons. The average molecular weight is 227 g/mol. The Morgan fingerprint density at radius 3 is 2.47 bits per heavy atom. The summed E-state index contributed by atoms with van der Waals surface area (Å²) in [5.74, 6) is 1.60. The normalized spacial score (nSPS) is 10.8. The fraction of sp³-hybridized carbons (Fsp3) is 0.286. The number of hydrogen-bond acceptors (Lipinski definition) is 3. The van der Waals surface area contributed by atoms with Gasteiger partial charge in [0.2, 0.25) is 0 Å². The Bertz CT molecular complexity index is 533. The molecule has 1 heterocycles. The maximum absolute atomic E-state index is 5.83. The molecule has 0 saturated heterocycles. The van der Waals surface area contributed by atoms with Gasteiger partial charge in [-0.05, 0) is 12.5 Å². The standard InChI is InChI=1S/C14H17N3/c1-9(2)14-16-12(8-13(15)17-14)11-7-5-4-6-10(11)3/h4-9H,1-3H3,(H2,15,16,17). The van der Waals surface area contributed by atoms with Gasteiger partial charge in [-0.2, -0.15) is 0 Å². The number of aryl methyl sites for hydroxylation is 1. The van der Waals surface area contributed by atoms with Gasteiger partial charge in [-0.1, -0.05) is 38.1 Å². The number of benzene rings is 1. The molecule has 0 bridgehead atoms. The minimum atomic E-state index is 0.279. The Morgan fingerprint density at radius 1 is 1.12 bits per heavy atom. The molecule has 0 aliphatic heterocycles. The predicted octanol–water partition coefficient (Wildman–Crippen LogP) is 3.16. The molecule has 0 spiro atoms. The van der Waals surface area contributed by atoms with E-state index in [1.807, 2.05) is 18.2 Å². The Balaban J connectivity index is 2.56. The molecular formula is C14H17N3. The molecule has 3 heteroatoms. The second-order valence-electron chi connectivity index (χ2n) is 4.51. The van der Waals surface area contributed by atoms with Crippen LogP contribution >= 0.6 is 0 Å². The van der Waals surface area contributed by atoms with Crippen LogP contribution in [0.5, 0.6) is 0 Å². The van der Waals surface area contributed by atoms with Crippen LogP contribution in [-0.4, -0.2) is 9.97 Å². The van der Waals surface area contributed by atoms with Crippen molar-refractivity contribution < 1.29 is 0 Å². The van der Waals surface area contributed by atoms with Gasteiger partial charge in [0.25, 0.3) is 0 Å². The molecule has 0 amide bonds. The molecule has 0 unspecified atom stereocenters. The first-order valence-electron chi connectivity index (χ1n) is 5.78. The molecule has 3 nitrogen and oxygen atoms in total. The zero-order valence-corrected chi connectivity index (χ0v) is 10.4. The van der Waals surface area contributed by atoms with Crippen molar-refractivity contribution in [1.82, 2.24) is 9.97 Å². The lowest BCUT2D eigenvalue weighted by atomic mass is 10.1. The lowest BCUT2D eigenvalue weighted by Crippen LogP contribution is -2.03. The van der Waals surface area contributed by atoms with Crippen LogP contribution < -0.4 is 5.73 Å². The molecular weight excluding hydrogens is 210 g/mol. The largest absolute Gasteiger partial charge is 0.384 e. The van der Waals surface area contributed by atoms with Gasteiger partial charge < -0.3 is 5.73 Å². The SMILES string of the molecule is Cc1ccccc1-c1cc(N)nc(C(C)C)n1. The second kappa shape index (κ2) is 4.53. The number of nitrogens with zero attached hydrogens (tertiary/aromatic N) is 2. The summed E-state index contributed by atoms with van der Waals surface area (Å²) in [6.45, 7) is 6.20. The molecule has 0 aliphatic rings. The van der Waals surface area contributed by atoms with Crippen LogP contribution in [0.2, 0.25) is 0 Å². The van der Waals surface area contributed by atoms with Crippen LogP contribution in [-0.2, 0) is 0 Å². The van der Waals surface area contributed by atoms with Crippen LogP contribution in [0.4, 0.5) is 5.82 Å². The number of anilines is 1. The van der Waals surface area contributed by atoms with Crippen molar-refractivity contribution in [2.45, 2.75) is 26.7 Å². The topological polar surface area (TPSA) is 51.8 Å². The molecule has 2 rings (SSSR count). The molecule has 0 fully saturated rings. The highest BCUT2D eigenvalue weighted by molar-refractivity contribution is 5.65.